The minimum absolute atomic E-state index is 0.184. The maximum atomic E-state index is 11.3. The zero-order chi connectivity index (χ0) is 10.4. The van der Waals surface area contributed by atoms with Crippen LogP contribution in [0.4, 0.5) is 0 Å². The summed E-state index contributed by atoms with van der Waals surface area (Å²) >= 11 is 0. The van der Waals surface area contributed by atoms with Crippen molar-refractivity contribution in [2.45, 2.75) is 32.4 Å². The summed E-state index contributed by atoms with van der Waals surface area (Å²) in [6, 6.07) is -0.452. The van der Waals surface area contributed by atoms with Crippen LogP contribution in [-0.4, -0.2) is 22.1 Å². The maximum absolute atomic E-state index is 11.3. The molecule has 1 atom stereocenters. The predicted molar refractivity (Wildman–Crippen MR) is 49.0 cm³/mol. The van der Waals surface area contributed by atoms with E-state index < -0.39 is 6.04 Å². The third-order valence-corrected chi connectivity index (χ3v) is 1.76. The van der Waals surface area contributed by atoms with Crippen molar-refractivity contribution in [1.82, 2.24) is 15.5 Å². The van der Waals surface area contributed by atoms with Crippen molar-refractivity contribution < 1.29 is 9.32 Å². The van der Waals surface area contributed by atoms with E-state index in [9.17, 15) is 4.79 Å². The van der Waals surface area contributed by atoms with E-state index in [2.05, 4.69) is 20.0 Å². The summed E-state index contributed by atoms with van der Waals surface area (Å²) in [6.07, 6.45) is 2.78. The topological polar surface area (TPSA) is 94.0 Å². The Hall–Kier alpha value is -1.43. The maximum Gasteiger partial charge on any atom is 0.237 e. The summed E-state index contributed by atoms with van der Waals surface area (Å²) in [7, 11) is 0. The molecule has 1 heterocycles. The van der Waals surface area contributed by atoms with Gasteiger partial charge in [-0.25, -0.2) is 0 Å². The van der Waals surface area contributed by atoms with Crippen molar-refractivity contribution in [2.75, 3.05) is 0 Å². The number of amides is 1. The molecule has 0 spiro atoms. The monoisotopic (exact) mass is 198 g/mol. The van der Waals surface area contributed by atoms with Gasteiger partial charge >= 0.3 is 0 Å². The molecule has 1 amide bonds. The van der Waals surface area contributed by atoms with E-state index in [0.29, 0.717) is 12.2 Å². The molecule has 0 aromatic carbocycles. The van der Waals surface area contributed by atoms with Gasteiger partial charge in [0, 0.05) is 0 Å². The highest BCUT2D eigenvalue weighted by Crippen LogP contribution is 1.94. The van der Waals surface area contributed by atoms with Gasteiger partial charge in [-0.2, -0.15) is 4.98 Å². The molecule has 6 nitrogen and oxygen atoms in total. The molecule has 78 valence electrons. The SMILES string of the molecule is CCC[C@@H](N)C(=O)NCc1ncon1. The van der Waals surface area contributed by atoms with Gasteiger partial charge in [-0.3, -0.25) is 4.79 Å². The lowest BCUT2D eigenvalue weighted by molar-refractivity contribution is -0.122. The molecule has 0 aliphatic rings. The van der Waals surface area contributed by atoms with E-state index in [1.807, 2.05) is 6.92 Å². The van der Waals surface area contributed by atoms with Gasteiger partial charge < -0.3 is 15.6 Å². The first-order valence-corrected chi connectivity index (χ1v) is 4.52. The fraction of sp³-hybridized carbons (Fsp3) is 0.625. The van der Waals surface area contributed by atoms with Gasteiger partial charge in [-0.15, -0.1) is 0 Å². The van der Waals surface area contributed by atoms with E-state index in [1.54, 1.807) is 0 Å². The number of hydrogen-bond acceptors (Lipinski definition) is 5. The Morgan fingerprint density at radius 3 is 3.14 bits per heavy atom. The Morgan fingerprint density at radius 1 is 1.79 bits per heavy atom. The third kappa shape index (κ3) is 3.14. The minimum atomic E-state index is -0.452. The number of hydrogen-bond donors (Lipinski definition) is 2. The molecular weight excluding hydrogens is 184 g/mol. The van der Waals surface area contributed by atoms with Crippen LogP contribution in [0.5, 0.6) is 0 Å². The number of aromatic nitrogens is 2. The van der Waals surface area contributed by atoms with Crippen LogP contribution >= 0.6 is 0 Å². The van der Waals surface area contributed by atoms with Gasteiger partial charge in [0.15, 0.2) is 5.82 Å². The largest absolute Gasteiger partial charge is 0.347 e. The van der Waals surface area contributed by atoms with Crippen molar-refractivity contribution in [2.24, 2.45) is 5.73 Å². The van der Waals surface area contributed by atoms with Crippen LogP contribution in [-0.2, 0) is 11.3 Å². The molecule has 0 fully saturated rings. The van der Waals surface area contributed by atoms with E-state index in [4.69, 9.17) is 5.73 Å². The molecule has 0 bridgehead atoms. The highest BCUT2D eigenvalue weighted by Gasteiger charge is 2.12. The lowest BCUT2D eigenvalue weighted by Crippen LogP contribution is -2.40. The molecular formula is C8H14N4O2. The molecule has 1 aromatic heterocycles. The van der Waals surface area contributed by atoms with Gasteiger partial charge in [0.2, 0.25) is 12.3 Å². The molecule has 0 radical (unpaired) electrons. The van der Waals surface area contributed by atoms with Crippen LogP contribution in [0.2, 0.25) is 0 Å². The molecule has 1 aromatic rings. The fourth-order valence-electron chi connectivity index (χ4n) is 1.01. The quantitative estimate of drug-likeness (QED) is 0.684. The standard InChI is InChI=1S/C8H14N4O2/c1-2-3-6(9)8(13)10-4-7-11-5-14-12-7/h5-6H,2-4,9H2,1H3,(H,10,13)/t6-/m1/s1. The van der Waals surface area contributed by atoms with Crippen molar-refractivity contribution in [3.8, 4) is 0 Å². The molecule has 14 heavy (non-hydrogen) atoms. The van der Waals surface area contributed by atoms with Crippen molar-refractivity contribution in [3.63, 3.8) is 0 Å². The molecule has 0 unspecified atom stereocenters. The Labute approximate surface area is 81.9 Å². The van der Waals surface area contributed by atoms with E-state index in [1.165, 1.54) is 6.39 Å². The van der Waals surface area contributed by atoms with Gasteiger partial charge in [0.1, 0.15) is 0 Å². The smallest absolute Gasteiger partial charge is 0.237 e. The number of nitrogens with two attached hydrogens (primary N) is 1. The highest BCUT2D eigenvalue weighted by atomic mass is 16.5. The molecule has 0 aliphatic heterocycles. The second-order valence-electron chi connectivity index (χ2n) is 2.96. The number of carbonyl (C=O) groups is 1. The van der Waals surface area contributed by atoms with Gasteiger partial charge in [0.25, 0.3) is 0 Å². The average Bonchev–Trinajstić information content (AvgIpc) is 2.67. The summed E-state index contributed by atoms with van der Waals surface area (Å²) in [6.45, 7) is 2.24. The lowest BCUT2D eigenvalue weighted by atomic mass is 10.2. The first-order valence-electron chi connectivity index (χ1n) is 4.52. The van der Waals surface area contributed by atoms with Gasteiger partial charge in [-0.05, 0) is 6.42 Å². The van der Waals surface area contributed by atoms with Gasteiger partial charge in [-0.1, -0.05) is 18.5 Å². The summed E-state index contributed by atoms with van der Waals surface area (Å²) in [4.78, 5) is 15.1. The second-order valence-corrected chi connectivity index (χ2v) is 2.96. The Kier molecular flexibility index (Phi) is 4.06. The highest BCUT2D eigenvalue weighted by molar-refractivity contribution is 5.81. The third-order valence-electron chi connectivity index (χ3n) is 1.76. The Balaban J connectivity index is 2.27. The average molecular weight is 198 g/mol. The molecule has 6 heteroatoms. The molecule has 0 aliphatic carbocycles. The number of rotatable bonds is 5. The normalized spacial score (nSPS) is 12.4. The van der Waals surface area contributed by atoms with E-state index in [-0.39, 0.29) is 12.5 Å². The van der Waals surface area contributed by atoms with Crippen LogP contribution in [0.3, 0.4) is 0 Å². The Bertz CT molecular complexity index is 273. The number of carbonyl (C=O) groups excluding carboxylic acids is 1. The van der Waals surface area contributed by atoms with Crippen LogP contribution in [0.15, 0.2) is 10.9 Å². The molecule has 1 rings (SSSR count). The fourth-order valence-corrected chi connectivity index (χ4v) is 1.01. The zero-order valence-electron chi connectivity index (χ0n) is 8.06. The van der Waals surface area contributed by atoms with Crippen molar-refractivity contribution >= 4 is 5.91 Å². The van der Waals surface area contributed by atoms with Crippen molar-refractivity contribution in [3.05, 3.63) is 12.2 Å². The number of nitrogens with one attached hydrogen (secondary N) is 1. The number of nitrogens with zero attached hydrogens (tertiary/aromatic N) is 2. The summed E-state index contributed by atoms with van der Waals surface area (Å²) in [5.74, 6) is 0.263. The van der Waals surface area contributed by atoms with Crippen LogP contribution in [0.1, 0.15) is 25.6 Å². The zero-order valence-corrected chi connectivity index (χ0v) is 8.06. The lowest BCUT2D eigenvalue weighted by Gasteiger charge is -2.09. The van der Waals surface area contributed by atoms with Crippen LogP contribution in [0.25, 0.3) is 0 Å². The Morgan fingerprint density at radius 2 is 2.57 bits per heavy atom. The second kappa shape index (κ2) is 5.33. The summed E-state index contributed by atoms with van der Waals surface area (Å²) < 4.78 is 4.51. The van der Waals surface area contributed by atoms with Crippen molar-refractivity contribution in [1.29, 1.82) is 0 Å². The molecule has 3 N–H and O–H groups in total. The predicted octanol–water partition coefficient (Wildman–Crippen LogP) is -0.187. The van der Waals surface area contributed by atoms with E-state index >= 15 is 0 Å². The van der Waals surface area contributed by atoms with Crippen LogP contribution < -0.4 is 11.1 Å². The molecule has 0 saturated carbocycles. The first-order chi connectivity index (χ1) is 6.74. The molecule has 0 saturated heterocycles. The van der Waals surface area contributed by atoms with E-state index in [0.717, 1.165) is 6.42 Å². The van der Waals surface area contributed by atoms with Gasteiger partial charge in [0.05, 0.1) is 12.6 Å². The minimum Gasteiger partial charge on any atom is -0.347 e. The van der Waals surface area contributed by atoms with Crippen LogP contribution in [0, 0.1) is 0 Å². The summed E-state index contributed by atoms with van der Waals surface area (Å²) in [5, 5.41) is 6.17. The first kappa shape index (κ1) is 10.6. The summed E-state index contributed by atoms with van der Waals surface area (Å²) in [5.41, 5.74) is 5.59.